The lowest BCUT2D eigenvalue weighted by Crippen LogP contribution is -1.97. The second-order valence-corrected chi connectivity index (χ2v) is 6.17. The zero-order chi connectivity index (χ0) is 15.8. The summed E-state index contributed by atoms with van der Waals surface area (Å²) in [5.41, 5.74) is 4.14. The van der Waals surface area contributed by atoms with Crippen LogP contribution in [0.3, 0.4) is 0 Å². The summed E-state index contributed by atoms with van der Waals surface area (Å²) in [5, 5.41) is 19.7. The van der Waals surface area contributed by atoms with Crippen LogP contribution in [0, 0.1) is 4.77 Å². The summed E-state index contributed by atoms with van der Waals surface area (Å²) in [6, 6.07) is 7.42. The molecular weight excluding hydrogens is 332 g/mol. The third-order valence-corrected chi connectivity index (χ3v) is 4.38. The quantitative estimate of drug-likeness (QED) is 0.565. The van der Waals surface area contributed by atoms with Crippen LogP contribution in [0.15, 0.2) is 29.4 Å². The van der Waals surface area contributed by atoms with Crippen LogP contribution in [-0.4, -0.2) is 31.3 Å². The predicted octanol–water partition coefficient (Wildman–Crippen LogP) is 3.36. The fraction of sp³-hybridized carbons (Fsp3) is 0.200. The van der Waals surface area contributed by atoms with Gasteiger partial charge in [-0.2, -0.15) is 20.0 Å². The normalized spacial score (nSPS) is 13.8. The van der Waals surface area contributed by atoms with Crippen molar-refractivity contribution in [3.8, 4) is 11.5 Å². The number of benzene rings is 1. The molecule has 0 spiro atoms. The van der Waals surface area contributed by atoms with E-state index < -0.39 is 0 Å². The molecule has 0 saturated heterocycles. The van der Waals surface area contributed by atoms with E-state index in [9.17, 15) is 0 Å². The highest BCUT2D eigenvalue weighted by molar-refractivity contribution is 7.71. The van der Waals surface area contributed by atoms with Gasteiger partial charge in [0.2, 0.25) is 10.6 Å². The molecule has 0 fully saturated rings. The molecular formula is C15H13ClN6S. The van der Waals surface area contributed by atoms with Crippen molar-refractivity contribution in [2.24, 2.45) is 5.10 Å². The predicted molar refractivity (Wildman–Crippen MR) is 91.5 cm³/mol. The Morgan fingerprint density at radius 3 is 2.83 bits per heavy atom. The van der Waals surface area contributed by atoms with Gasteiger partial charge in [0.1, 0.15) is 5.69 Å². The number of halogens is 1. The topological polar surface area (TPSA) is 74.7 Å². The zero-order valence-electron chi connectivity index (χ0n) is 12.1. The molecule has 0 atom stereocenters. The van der Waals surface area contributed by atoms with Crippen molar-refractivity contribution < 1.29 is 0 Å². The van der Waals surface area contributed by atoms with E-state index in [1.165, 1.54) is 11.3 Å². The molecule has 1 aliphatic carbocycles. The minimum absolute atomic E-state index is 0.431. The monoisotopic (exact) mass is 344 g/mol. The first-order chi connectivity index (χ1) is 11.2. The zero-order valence-corrected chi connectivity index (χ0v) is 13.7. The van der Waals surface area contributed by atoms with E-state index >= 15 is 0 Å². The van der Waals surface area contributed by atoms with Crippen LogP contribution in [0.2, 0.25) is 5.02 Å². The van der Waals surface area contributed by atoms with Crippen LogP contribution in [0.5, 0.6) is 0 Å². The summed E-state index contributed by atoms with van der Waals surface area (Å²) >= 11 is 11.2. The Balaban J connectivity index is 1.73. The van der Waals surface area contributed by atoms with E-state index in [4.69, 9.17) is 23.8 Å². The van der Waals surface area contributed by atoms with Crippen molar-refractivity contribution in [2.45, 2.75) is 19.3 Å². The molecule has 2 aromatic heterocycles. The Bertz CT molecular complexity index is 934. The SMILES string of the molecule is S=c1[nH]nc(-c2n[nH]c3c2CCC3)n1/N=C\c1ccc(Cl)cc1. The Hall–Kier alpha value is -2.25. The van der Waals surface area contributed by atoms with E-state index in [-0.39, 0.29) is 0 Å². The highest BCUT2D eigenvalue weighted by atomic mass is 35.5. The van der Waals surface area contributed by atoms with Crippen LogP contribution in [0.25, 0.3) is 11.5 Å². The van der Waals surface area contributed by atoms with Crippen molar-refractivity contribution in [1.82, 2.24) is 25.1 Å². The lowest BCUT2D eigenvalue weighted by atomic mass is 10.2. The molecule has 1 aliphatic rings. The summed E-state index contributed by atoms with van der Waals surface area (Å²) in [5.74, 6) is 0.625. The first-order valence-corrected chi connectivity index (χ1v) is 8.05. The molecule has 2 N–H and O–H groups in total. The molecule has 3 aromatic rings. The fourth-order valence-corrected chi connectivity index (χ4v) is 3.03. The number of aromatic nitrogens is 5. The van der Waals surface area contributed by atoms with Crippen LogP contribution in [-0.2, 0) is 12.8 Å². The van der Waals surface area contributed by atoms with Gasteiger partial charge < -0.3 is 0 Å². The van der Waals surface area contributed by atoms with Gasteiger partial charge in [-0.15, -0.1) is 0 Å². The maximum absolute atomic E-state index is 5.89. The highest BCUT2D eigenvalue weighted by Gasteiger charge is 2.23. The summed E-state index contributed by atoms with van der Waals surface area (Å²) in [6.45, 7) is 0. The van der Waals surface area contributed by atoms with Gasteiger partial charge >= 0.3 is 0 Å². The number of nitrogens with one attached hydrogen (secondary N) is 2. The molecule has 2 heterocycles. The molecule has 6 nitrogen and oxygen atoms in total. The average molecular weight is 345 g/mol. The molecule has 0 radical (unpaired) electrons. The average Bonchev–Trinajstić information content (AvgIpc) is 3.23. The molecule has 23 heavy (non-hydrogen) atoms. The number of fused-ring (bicyclic) bond motifs is 1. The van der Waals surface area contributed by atoms with Crippen molar-refractivity contribution in [3.63, 3.8) is 0 Å². The number of hydrogen-bond acceptors (Lipinski definition) is 4. The van der Waals surface area contributed by atoms with E-state index in [2.05, 4.69) is 25.5 Å². The summed E-state index contributed by atoms with van der Waals surface area (Å²) in [7, 11) is 0. The Labute approximate surface area is 142 Å². The van der Waals surface area contributed by atoms with E-state index in [1.807, 2.05) is 24.3 Å². The van der Waals surface area contributed by atoms with Crippen molar-refractivity contribution >= 4 is 30.0 Å². The number of H-pyrrole nitrogens is 2. The van der Waals surface area contributed by atoms with E-state index in [0.29, 0.717) is 15.6 Å². The number of rotatable bonds is 3. The molecule has 0 amide bonds. The van der Waals surface area contributed by atoms with Gasteiger partial charge in [0.15, 0.2) is 0 Å². The molecule has 116 valence electrons. The van der Waals surface area contributed by atoms with Crippen LogP contribution in [0.1, 0.15) is 23.2 Å². The van der Waals surface area contributed by atoms with Gasteiger partial charge in [-0.05, 0) is 49.2 Å². The molecule has 0 aliphatic heterocycles. The third-order valence-electron chi connectivity index (χ3n) is 3.86. The second kappa shape index (κ2) is 5.75. The van der Waals surface area contributed by atoms with Gasteiger partial charge in [-0.25, -0.2) is 5.10 Å². The second-order valence-electron chi connectivity index (χ2n) is 5.34. The standard InChI is InChI=1S/C15H13ClN6S/c16-10-6-4-9(5-7-10)8-17-22-14(20-21-15(22)23)13-11-2-1-3-12(11)18-19-13/h4-8H,1-3H2,(H,18,19)(H,21,23)/b17-8-. The largest absolute Gasteiger partial charge is 0.282 e. The molecule has 4 rings (SSSR count). The Kier molecular flexibility index (Phi) is 3.59. The Morgan fingerprint density at radius 1 is 1.17 bits per heavy atom. The minimum Gasteiger partial charge on any atom is -0.282 e. The van der Waals surface area contributed by atoms with Gasteiger partial charge in [0.25, 0.3) is 0 Å². The number of nitrogens with zero attached hydrogens (tertiary/aromatic N) is 4. The van der Waals surface area contributed by atoms with Crippen molar-refractivity contribution in [3.05, 3.63) is 50.9 Å². The maximum atomic E-state index is 5.89. The van der Waals surface area contributed by atoms with E-state index in [0.717, 1.165) is 30.5 Å². The lowest BCUT2D eigenvalue weighted by Gasteiger charge is -2.00. The number of aryl methyl sites for hydroxylation is 1. The van der Waals surface area contributed by atoms with E-state index in [1.54, 1.807) is 10.9 Å². The molecule has 1 aromatic carbocycles. The number of hydrogen-bond donors (Lipinski definition) is 2. The lowest BCUT2D eigenvalue weighted by molar-refractivity contribution is 0.844. The van der Waals surface area contributed by atoms with Gasteiger partial charge in [-0.1, -0.05) is 23.7 Å². The van der Waals surface area contributed by atoms with Crippen LogP contribution < -0.4 is 0 Å². The minimum atomic E-state index is 0.431. The molecule has 8 heteroatoms. The maximum Gasteiger partial charge on any atom is 0.216 e. The van der Waals surface area contributed by atoms with Gasteiger partial charge in [-0.3, -0.25) is 5.10 Å². The number of aromatic amines is 2. The van der Waals surface area contributed by atoms with Gasteiger partial charge in [0, 0.05) is 16.3 Å². The fourth-order valence-electron chi connectivity index (χ4n) is 2.73. The van der Waals surface area contributed by atoms with Gasteiger partial charge in [0.05, 0.1) is 6.21 Å². The van der Waals surface area contributed by atoms with Crippen molar-refractivity contribution in [1.29, 1.82) is 0 Å². The van der Waals surface area contributed by atoms with Crippen LogP contribution in [0.4, 0.5) is 0 Å². The third kappa shape index (κ3) is 2.62. The molecule has 0 unspecified atom stereocenters. The first-order valence-electron chi connectivity index (χ1n) is 7.26. The summed E-state index contributed by atoms with van der Waals surface area (Å²) in [6.07, 6.45) is 4.89. The van der Waals surface area contributed by atoms with Crippen LogP contribution >= 0.6 is 23.8 Å². The molecule has 0 bridgehead atoms. The summed E-state index contributed by atoms with van der Waals surface area (Å²) < 4.78 is 2.03. The highest BCUT2D eigenvalue weighted by Crippen LogP contribution is 2.29. The Morgan fingerprint density at radius 2 is 2.00 bits per heavy atom. The smallest absolute Gasteiger partial charge is 0.216 e. The first kappa shape index (κ1) is 14.3. The molecule has 0 saturated carbocycles. The summed E-state index contributed by atoms with van der Waals surface area (Å²) in [4.78, 5) is 0. The van der Waals surface area contributed by atoms with Crippen molar-refractivity contribution in [2.75, 3.05) is 0 Å².